The fraction of sp³-hybridized carbons (Fsp3) is 0.625. The fourth-order valence-corrected chi connectivity index (χ4v) is 3.12. The molecule has 0 heterocycles. The van der Waals surface area contributed by atoms with Crippen LogP contribution in [-0.4, -0.2) is 38.2 Å². The minimum Gasteiger partial charge on any atom is -0.478 e. The van der Waals surface area contributed by atoms with Crippen molar-refractivity contribution in [3.63, 3.8) is 0 Å². The van der Waals surface area contributed by atoms with Crippen LogP contribution in [0.5, 0.6) is 0 Å². The highest BCUT2D eigenvalue weighted by atomic mass is 35.5. The number of nitrogens with two attached hydrogens (primary N) is 1. The average Bonchev–Trinajstić information content (AvgIpc) is 2.40. The van der Waals surface area contributed by atoms with E-state index in [1.54, 1.807) is 20.8 Å². The second-order valence-electron chi connectivity index (χ2n) is 6.69. The predicted molar refractivity (Wildman–Crippen MR) is 91.7 cm³/mol. The van der Waals surface area contributed by atoms with E-state index < -0.39 is 44.3 Å². The molecule has 0 aromatic carbocycles. The number of carbonyl (C=O) groups excluding carboxylic acids is 1. The highest BCUT2D eigenvalue weighted by molar-refractivity contribution is 6.39. The Hall–Kier alpha value is -1.08. The zero-order valence-electron chi connectivity index (χ0n) is 14.2. The third-order valence-corrected chi connectivity index (χ3v) is 4.35. The van der Waals surface area contributed by atoms with Crippen LogP contribution in [-0.2, 0) is 14.3 Å². The first-order valence-corrected chi connectivity index (χ1v) is 8.32. The second kappa shape index (κ2) is 7.04. The molecule has 0 aliphatic heterocycles. The van der Waals surface area contributed by atoms with Crippen LogP contribution < -0.4 is 5.73 Å². The van der Waals surface area contributed by atoms with Crippen molar-refractivity contribution in [1.29, 1.82) is 0 Å². The van der Waals surface area contributed by atoms with E-state index in [4.69, 9.17) is 33.7 Å². The quantitative estimate of drug-likeness (QED) is 0.611. The first-order valence-electron chi connectivity index (χ1n) is 7.57. The van der Waals surface area contributed by atoms with Crippen molar-refractivity contribution in [2.24, 2.45) is 5.73 Å². The number of ether oxygens (including phenoxy) is 1. The standard InChI is InChI=1S/C16H23Cl2NO5/c1-5-6-7-10(20)15(24-14(2,3)4)8-9(19)16(18,23)11(12(15)17)13(21)22/h8,23H,5-7,19H2,1-4H3,(H,21,22). The van der Waals surface area contributed by atoms with Crippen LogP contribution in [0, 0.1) is 0 Å². The summed E-state index contributed by atoms with van der Waals surface area (Å²) in [7, 11) is 0. The molecule has 0 aromatic rings. The molecule has 0 amide bonds. The molecule has 8 heteroatoms. The number of unbranched alkanes of at least 4 members (excludes halogenated alkanes) is 1. The van der Waals surface area contributed by atoms with Gasteiger partial charge in [-0.05, 0) is 33.3 Å². The highest BCUT2D eigenvalue weighted by Gasteiger charge is 2.54. The Balaban J connectivity index is 3.65. The Morgan fingerprint density at radius 3 is 2.33 bits per heavy atom. The van der Waals surface area contributed by atoms with Gasteiger partial charge in [-0.3, -0.25) is 4.79 Å². The summed E-state index contributed by atoms with van der Waals surface area (Å²) in [6, 6.07) is 0. The van der Waals surface area contributed by atoms with E-state index in [1.165, 1.54) is 0 Å². The molecule has 0 saturated carbocycles. The van der Waals surface area contributed by atoms with Gasteiger partial charge in [-0.15, -0.1) is 0 Å². The number of carbonyl (C=O) groups is 2. The third-order valence-electron chi connectivity index (χ3n) is 3.47. The molecule has 6 nitrogen and oxygen atoms in total. The van der Waals surface area contributed by atoms with Gasteiger partial charge in [0.25, 0.3) is 0 Å². The number of aliphatic carboxylic acids is 1. The summed E-state index contributed by atoms with van der Waals surface area (Å²) in [6.07, 6.45) is 2.54. The molecule has 4 N–H and O–H groups in total. The van der Waals surface area contributed by atoms with Crippen molar-refractivity contribution >= 4 is 35.0 Å². The van der Waals surface area contributed by atoms with E-state index in [2.05, 4.69) is 0 Å². The molecule has 2 atom stereocenters. The zero-order chi connectivity index (χ0) is 18.9. The number of aliphatic hydroxyl groups is 1. The minimum atomic E-state index is -2.52. The molecule has 0 fully saturated rings. The maximum atomic E-state index is 12.8. The zero-order valence-corrected chi connectivity index (χ0v) is 15.7. The van der Waals surface area contributed by atoms with Crippen molar-refractivity contribution in [3.05, 3.63) is 22.4 Å². The SMILES string of the molecule is CCCCC(=O)C1(OC(C)(C)C)C=C(N)C(O)(Cl)C(C(=O)O)=C1Cl. The Labute approximate surface area is 151 Å². The minimum absolute atomic E-state index is 0.111. The Kier molecular flexibility index (Phi) is 6.15. The Bertz CT molecular complexity index is 604. The second-order valence-corrected chi connectivity index (χ2v) is 7.62. The van der Waals surface area contributed by atoms with Gasteiger partial charge < -0.3 is 20.7 Å². The van der Waals surface area contributed by atoms with Crippen LogP contribution in [0.3, 0.4) is 0 Å². The van der Waals surface area contributed by atoms with E-state index in [-0.39, 0.29) is 6.42 Å². The molecule has 1 aliphatic rings. The van der Waals surface area contributed by atoms with Gasteiger partial charge in [0.15, 0.2) is 11.4 Å². The molecule has 0 saturated heterocycles. The van der Waals surface area contributed by atoms with Crippen LogP contribution in [0.25, 0.3) is 0 Å². The third kappa shape index (κ3) is 3.94. The number of carboxylic acid groups (broad SMARTS) is 1. The molecule has 1 rings (SSSR count). The summed E-state index contributed by atoms with van der Waals surface area (Å²) in [6.45, 7) is 6.99. The molecular weight excluding hydrogens is 357 g/mol. The molecular formula is C16H23Cl2NO5. The van der Waals surface area contributed by atoms with Crippen LogP contribution in [0.15, 0.2) is 22.4 Å². The van der Waals surface area contributed by atoms with Gasteiger partial charge in [0, 0.05) is 6.42 Å². The average molecular weight is 380 g/mol. The summed E-state index contributed by atoms with van der Waals surface area (Å²) < 4.78 is 5.85. The van der Waals surface area contributed by atoms with Gasteiger partial charge in [0.05, 0.1) is 16.3 Å². The van der Waals surface area contributed by atoms with Crippen molar-refractivity contribution in [2.45, 2.75) is 63.2 Å². The van der Waals surface area contributed by atoms with Gasteiger partial charge in [0.2, 0.25) is 5.06 Å². The largest absolute Gasteiger partial charge is 0.478 e. The fourth-order valence-electron chi connectivity index (χ4n) is 2.43. The van der Waals surface area contributed by atoms with E-state index in [1.807, 2.05) is 6.92 Å². The number of Topliss-reactive ketones (excluding diaryl/α,β-unsaturated/α-hetero) is 1. The monoisotopic (exact) mass is 379 g/mol. The molecule has 0 spiro atoms. The van der Waals surface area contributed by atoms with Gasteiger partial charge in [0.1, 0.15) is 5.57 Å². The first kappa shape index (κ1) is 21.0. The summed E-state index contributed by atoms with van der Waals surface area (Å²) >= 11 is 12.1. The lowest BCUT2D eigenvalue weighted by Crippen LogP contribution is -2.53. The number of hydrogen-bond donors (Lipinski definition) is 3. The highest BCUT2D eigenvalue weighted by Crippen LogP contribution is 2.46. The van der Waals surface area contributed by atoms with E-state index in [0.717, 1.165) is 12.5 Å². The van der Waals surface area contributed by atoms with Gasteiger partial charge >= 0.3 is 5.97 Å². The Morgan fingerprint density at radius 2 is 1.92 bits per heavy atom. The number of halogens is 2. The number of carboxylic acids is 1. The van der Waals surface area contributed by atoms with Crippen LogP contribution in [0.2, 0.25) is 0 Å². The molecule has 2 unspecified atom stereocenters. The molecule has 136 valence electrons. The van der Waals surface area contributed by atoms with Crippen molar-refractivity contribution < 1.29 is 24.5 Å². The van der Waals surface area contributed by atoms with Gasteiger partial charge in [-0.1, -0.05) is 36.5 Å². The lowest BCUT2D eigenvalue weighted by molar-refractivity contribution is -0.148. The normalized spacial score (nSPS) is 27.9. The van der Waals surface area contributed by atoms with Crippen molar-refractivity contribution in [1.82, 2.24) is 0 Å². The predicted octanol–water partition coefficient (Wildman–Crippen LogP) is 2.66. The summed E-state index contributed by atoms with van der Waals surface area (Å²) in [5.41, 5.74) is 1.82. The lowest BCUT2D eigenvalue weighted by Gasteiger charge is -2.41. The van der Waals surface area contributed by atoms with E-state index >= 15 is 0 Å². The number of rotatable bonds is 6. The van der Waals surface area contributed by atoms with E-state index in [0.29, 0.717) is 6.42 Å². The number of hydrogen-bond acceptors (Lipinski definition) is 5. The van der Waals surface area contributed by atoms with Crippen LogP contribution >= 0.6 is 23.2 Å². The Morgan fingerprint density at radius 1 is 1.38 bits per heavy atom. The molecule has 0 bridgehead atoms. The van der Waals surface area contributed by atoms with Gasteiger partial charge in [-0.2, -0.15) is 0 Å². The lowest BCUT2D eigenvalue weighted by atomic mass is 9.83. The maximum absolute atomic E-state index is 12.8. The molecule has 24 heavy (non-hydrogen) atoms. The van der Waals surface area contributed by atoms with E-state index in [9.17, 15) is 19.8 Å². The topological polar surface area (TPSA) is 110 Å². The number of ketones is 1. The van der Waals surface area contributed by atoms with Gasteiger partial charge in [-0.25, -0.2) is 4.79 Å². The molecule has 0 aromatic heterocycles. The first-order chi connectivity index (χ1) is 10.8. The van der Waals surface area contributed by atoms with Crippen LogP contribution in [0.4, 0.5) is 0 Å². The number of alkyl halides is 1. The molecule has 1 aliphatic carbocycles. The van der Waals surface area contributed by atoms with Crippen molar-refractivity contribution in [2.75, 3.05) is 0 Å². The summed E-state index contributed by atoms with van der Waals surface area (Å²) in [5.74, 6) is -2.03. The van der Waals surface area contributed by atoms with Crippen LogP contribution in [0.1, 0.15) is 47.0 Å². The smallest absolute Gasteiger partial charge is 0.337 e. The summed E-state index contributed by atoms with van der Waals surface area (Å²) in [5, 5.41) is 16.6. The van der Waals surface area contributed by atoms with Crippen molar-refractivity contribution in [3.8, 4) is 0 Å². The summed E-state index contributed by atoms with van der Waals surface area (Å²) in [4.78, 5) is 24.4. The molecule has 0 radical (unpaired) electrons. The maximum Gasteiger partial charge on any atom is 0.337 e.